The molecular weight excluding hydrogens is 338 g/mol. The minimum Gasteiger partial charge on any atom is -0.348 e. The van der Waals surface area contributed by atoms with E-state index in [2.05, 4.69) is 10.2 Å². The molecule has 0 saturated carbocycles. The van der Waals surface area contributed by atoms with Gasteiger partial charge in [0, 0.05) is 26.1 Å². The summed E-state index contributed by atoms with van der Waals surface area (Å²) in [7, 11) is 0.859. The minimum absolute atomic E-state index is 0.0357. The number of carbonyl (C=O) groups is 1. The Labute approximate surface area is 151 Å². The summed E-state index contributed by atoms with van der Waals surface area (Å²) in [4.78, 5) is 14.6. The third-order valence-electron chi connectivity index (χ3n) is 4.60. The fourth-order valence-corrected chi connectivity index (χ4v) is 4.12. The fourth-order valence-electron chi connectivity index (χ4n) is 3.25. The van der Waals surface area contributed by atoms with E-state index in [4.69, 9.17) is 0 Å². The van der Waals surface area contributed by atoms with Gasteiger partial charge in [-0.25, -0.2) is 12.7 Å². The number of sulfonamides is 1. The Morgan fingerprint density at radius 3 is 2.36 bits per heavy atom. The zero-order valence-corrected chi connectivity index (χ0v) is 16.1. The van der Waals surface area contributed by atoms with Crippen LogP contribution in [0, 0.1) is 5.92 Å². The van der Waals surface area contributed by atoms with Crippen LogP contribution in [0.15, 0.2) is 30.3 Å². The third-order valence-corrected chi connectivity index (χ3v) is 5.90. The molecule has 0 aliphatic carbocycles. The second-order valence-corrected chi connectivity index (χ2v) is 9.09. The van der Waals surface area contributed by atoms with Crippen molar-refractivity contribution in [1.82, 2.24) is 14.5 Å². The van der Waals surface area contributed by atoms with Crippen LogP contribution < -0.4 is 5.32 Å². The van der Waals surface area contributed by atoms with E-state index in [-0.39, 0.29) is 17.9 Å². The summed E-state index contributed by atoms with van der Waals surface area (Å²) in [6.07, 6.45) is 3.18. The van der Waals surface area contributed by atoms with Gasteiger partial charge in [0.05, 0.1) is 12.3 Å². The van der Waals surface area contributed by atoms with Crippen LogP contribution in [0.5, 0.6) is 0 Å². The molecule has 1 aromatic carbocycles. The van der Waals surface area contributed by atoms with E-state index in [1.54, 1.807) is 0 Å². The lowest BCUT2D eigenvalue weighted by Crippen LogP contribution is -2.40. The van der Waals surface area contributed by atoms with Crippen molar-refractivity contribution in [3.8, 4) is 0 Å². The Hall–Kier alpha value is -1.44. The predicted octanol–water partition coefficient (Wildman–Crippen LogP) is 1.47. The first-order valence-corrected chi connectivity index (χ1v) is 10.5. The average molecular weight is 368 g/mol. The molecule has 1 aliphatic rings. The lowest BCUT2D eigenvalue weighted by molar-refractivity contribution is -0.123. The smallest absolute Gasteiger partial charge is 0.220 e. The van der Waals surface area contributed by atoms with Crippen molar-refractivity contribution < 1.29 is 13.2 Å². The summed E-state index contributed by atoms with van der Waals surface area (Å²) < 4.78 is 24.6. The van der Waals surface area contributed by atoms with E-state index in [0.717, 1.165) is 24.9 Å². The first-order valence-electron chi connectivity index (χ1n) is 8.70. The Morgan fingerprint density at radius 1 is 1.24 bits per heavy atom. The van der Waals surface area contributed by atoms with Gasteiger partial charge in [-0.1, -0.05) is 30.3 Å². The number of hydrogen-bond donors (Lipinski definition) is 1. The number of carbonyl (C=O) groups excluding carboxylic acids is 1. The standard InChI is InChI=1S/C18H29N3O3S/c1-20(2)14-17(16-7-5-4-6-8-16)19-18(22)13-15-9-11-21(12-10-15)25(3,23)24/h4-8,15,17H,9-14H2,1-3H3,(H,19,22). The molecule has 1 unspecified atom stereocenters. The molecule has 1 aromatic rings. The van der Waals surface area contributed by atoms with Crippen molar-refractivity contribution in [2.45, 2.75) is 25.3 Å². The van der Waals surface area contributed by atoms with Gasteiger partial charge < -0.3 is 10.2 Å². The largest absolute Gasteiger partial charge is 0.348 e. The summed E-state index contributed by atoms with van der Waals surface area (Å²) in [6.45, 7) is 1.76. The van der Waals surface area contributed by atoms with Gasteiger partial charge >= 0.3 is 0 Å². The van der Waals surface area contributed by atoms with Gasteiger partial charge in [0.15, 0.2) is 0 Å². The van der Waals surface area contributed by atoms with Gasteiger partial charge in [-0.05, 0) is 38.4 Å². The van der Waals surface area contributed by atoms with Crippen molar-refractivity contribution in [3.63, 3.8) is 0 Å². The molecule has 0 aromatic heterocycles. The van der Waals surface area contributed by atoms with Gasteiger partial charge in [-0.2, -0.15) is 0 Å². The summed E-state index contributed by atoms with van der Waals surface area (Å²) >= 11 is 0. The van der Waals surface area contributed by atoms with E-state index >= 15 is 0 Å². The summed E-state index contributed by atoms with van der Waals surface area (Å²) in [5.41, 5.74) is 1.09. The molecular formula is C18H29N3O3S. The fraction of sp³-hybridized carbons (Fsp3) is 0.611. The maximum atomic E-state index is 12.5. The average Bonchev–Trinajstić information content (AvgIpc) is 2.54. The van der Waals surface area contributed by atoms with Gasteiger partial charge in [0.25, 0.3) is 0 Å². The van der Waals surface area contributed by atoms with Crippen LogP contribution in [0.25, 0.3) is 0 Å². The normalized spacial score (nSPS) is 18.2. The Morgan fingerprint density at radius 2 is 1.84 bits per heavy atom. The first kappa shape index (κ1) is 19.9. The zero-order valence-electron chi connectivity index (χ0n) is 15.3. The molecule has 1 saturated heterocycles. The second-order valence-electron chi connectivity index (χ2n) is 7.10. The molecule has 7 heteroatoms. The highest BCUT2D eigenvalue weighted by Crippen LogP contribution is 2.23. The highest BCUT2D eigenvalue weighted by atomic mass is 32.2. The second kappa shape index (κ2) is 8.78. The van der Waals surface area contributed by atoms with Gasteiger partial charge in [0.1, 0.15) is 0 Å². The molecule has 1 atom stereocenters. The number of likely N-dealkylation sites (N-methyl/N-ethyl adjacent to an activating group) is 1. The number of piperidine rings is 1. The molecule has 140 valence electrons. The van der Waals surface area contributed by atoms with Crippen LogP contribution in [0.4, 0.5) is 0 Å². The number of rotatable bonds is 7. The summed E-state index contributed by atoms with van der Waals surface area (Å²) in [6, 6.07) is 9.93. The molecule has 1 fully saturated rings. The van der Waals surface area contributed by atoms with E-state index in [9.17, 15) is 13.2 Å². The zero-order chi connectivity index (χ0) is 18.4. The molecule has 6 nitrogen and oxygen atoms in total. The Bertz CT molecular complexity index is 653. The minimum atomic E-state index is -3.12. The van der Waals surface area contributed by atoms with Crippen molar-refractivity contribution in [1.29, 1.82) is 0 Å². The SMILES string of the molecule is CN(C)CC(NC(=O)CC1CCN(S(C)(=O)=O)CC1)c1ccccc1. The molecule has 25 heavy (non-hydrogen) atoms. The molecule has 1 amide bonds. The molecule has 0 spiro atoms. The van der Waals surface area contributed by atoms with Gasteiger partial charge in [0.2, 0.25) is 15.9 Å². The topological polar surface area (TPSA) is 69.7 Å². The monoisotopic (exact) mass is 367 g/mol. The first-order chi connectivity index (χ1) is 11.8. The quantitative estimate of drug-likeness (QED) is 0.792. The summed E-state index contributed by atoms with van der Waals surface area (Å²) in [5, 5.41) is 3.14. The number of nitrogens with zero attached hydrogens (tertiary/aromatic N) is 2. The van der Waals surface area contributed by atoms with E-state index in [1.807, 2.05) is 44.4 Å². The van der Waals surface area contributed by atoms with Crippen LogP contribution in [0.2, 0.25) is 0 Å². The van der Waals surface area contributed by atoms with Crippen molar-refractivity contribution in [3.05, 3.63) is 35.9 Å². The molecule has 0 bridgehead atoms. The number of amides is 1. The van der Waals surface area contributed by atoms with Crippen LogP contribution in [-0.4, -0.2) is 63.5 Å². The Kier molecular flexibility index (Phi) is 6.98. The van der Waals surface area contributed by atoms with Crippen molar-refractivity contribution >= 4 is 15.9 Å². The maximum Gasteiger partial charge on any atom is 0.220 e. The van der Waals surface area contributed by atoms with E-state index in [1.165, 1.54) is 10.6 Å². The van der Waals surface area contributed by atoms with Gasteiger partial charge in [-0.3, -0.25) is 4.79 Å². The highest BCUT2D eigenvalue weighted by Gasteiger charge is 2.27. The van der Waals surface area contributed by atoms with Gasteiger partial charge in [-0.15, -0.1) is 0 Å². The molecule has 1 aliphatic heterocycles. The number of benzene rings is 1. The van der Waals surface area contributed by atoms with Crippen molar-refractivity contribution in [2.24, 2.45) is 5.92 Å². The molecule has 1 heterocycles. The number of hydrogen-bond acceptors (Lipinski definition) is 4. The van der Waals surface area contributed by atoms with Crippen LogP contribution in [-0.2, 0) is 14.8 Å². The lowest BCUT2D eigenvalue weighted by atomic mass is 9.94. The van der Waals surface area contributed by atoms with E-state index < -0.39 is 10.0 Å². The molecule has 2 rings (SSSR count). The van der Waals surface area contributed by atoms with E-state index in [0.29, 0.717) is 19.5 Å². The van der Waals surface area contributed by atoms with Crippen LogP contribution >= 0.6 is 0 Å². The molecule has 1 N–H and O–H groups in total. The predicted molar refractivity (Wildman–Crippen MR) is 99.6 cm³/mol. The summed E-state index contributed by atoms with van der Waals surface area (Å²) in [5.74, 6) is 0.280. The number of nitrogens with one attached hydrogen (secondary N) is 1. The van der Waals surface area contributed by atoms with Crippen molar-refractivity contribution in [2.75, 3.05) is 40.0 Å². The highest BCUT2D eigenvalue weighted by molar-refractivity contribution is 7.88. The maximum absolute atomic E-state index is 12.5. The van der Waals surface area contributed by atoms with Crippen LogP contribution in [0.1, 0.15) is 30.9 Å². The lowest BCUT2D eigenvalue weighted by Gasteiger charge is -2.30. The van der Waals surface area contributed by atoms with Crippen LogP contribution in [0.3, 0.4) is 0 Å². The Balaban J connectivity index is 1.89. The molecule has 0 radical (unpaired) electrons. The third kappa shape index (κ3) is 6.41.